The lowest BCUT2D eigenvalue weighted by Gasteiger charge is -2.11. The van der Waals surface area contributed by atoms with Crippen LogP contribution in [0.15, 0.2) is 33.4 Å². The molecule has 0 unspecified atom stereocenters. The minimum absolute atomic E-state index is 0.0171. The average Bonchev–Trinajstić information content (AvgIpc) is 2.68. The molecule has 0 aliphatic rings. The SMILES string of the molecule is COc1ccc(/C=C(\C#N)C(=O)c2c(N)n(C)c(=O)n(C)c2=O)cc1OC(F)F. The van der Waals surface area contributed by atoms with Gasteiger partial charge < -0.3 is 15.2 Å². The number of hydrogen-bond donors (Lipinski definition) is 1. The number of ketones is 1. The molecule has 11 heteroatoms. The molecular formula is C18H16F2N4O5. The van der Waals surface area contributed by atoms with E-state index >= 15 is 0 Å². The summed E-state index contributed by atoms with van der Waals surface area (Å²) in [4.78, 5) is 36.9. The number of aromatic nitrogens is 2. The molecule has 2 aromatic rings. The average molecular weight is 406 g/mol. The van der Waals surface area contributed by atoms with Crippen LogP contribution >= 0.6 is 0 Å². The van der Waals surface area contributed by atoms with Crippen LogP contribution in [-0.2, 0) is 14.1 Å². The summed E-state index contributed by atoms with van der Waals surface area (Å²) < 4.78 is 36.0. The van der Waals surface area contributed by atoms with Crippen molar-refractivity contribution >= 4 is 17.7 Å². The molecule has 0 aliphatic heterocycles. The van der Waals surface area contributed by atoms with Crippen LogP contribution in [0.4, 0.5) is 14.6 Å². The number of nitrogen functional groups attached to an aromatic ring is 1. The fourth-order valence-electron chi connectivity index (χ4n) is 2.49. The third-order valence-electron chi connectivity index (χ3n) is 4.02. The number of allylic oxidation sites excluding steroid dienone is 1. The number of hydrogen-bond acceptors (Lipinski definition) is 7. The number of halogens is 2. The van der Waals surface area contributed by atoms with Crippen LogP contribution in [0.3, 0.4) is 0 Å². The molecule has 9 nitrogen and oxygen atoms in total. The Kier molecular flexibility index (Phi) is 6.18. The number of nitriles is 1. The number of benzene rings is 1. The van der Waals surface area contributed by atoms with Crippen molar-refractivity contribution in [2.24, 2.45) is 14.1 Å². The van der Waals surface area contributed by atoms with Gasteiger partial charge in [0.15, 0.2) is 11.5 Å². The fraction of sp³-hybridized carbons (Fsp3) is 0.222. The van der Waals surface area contributed by atoms with Crippen molar-refractivity contribution < 1.29 is 23.0 Å². The molecule has 2 rings (SSSR count). The Hall–Kier alpha value is -3.94. The Morgan fingerprint density at radius 2 is 1.90 bits per heavy atom. The monoisotopic (exact) mass is 406 g/mol. The third kappa shape index (κ3) is 4.16. The minimum atomic E-state index is -3.12. The maximum atomic E-state index is 12.7. The lowest BCUT2D eigenvalue weighted by Crippen LogP contribution is -2.41. The van der Waals surface area contributed by atoms with E-state index in [9.17, 15) is 28.4 Å². The quantitative estimate of drug-likeness (QED) is 0.431. The Labute approximate surface area is 162 Å². The molecule has 152 valence electrons. The molecule has 29 heavy (non-hydrogen) atoms. The number of carbonyl (C=O) groups excluding carboxylic acids is 1. The summed E-state index contributed by atoms with van der Waals surface area (Å²) >= 11 is 0. The molecule has 2 N–H and O–H groups in total. The van der Waals surface area contributed by atoms with E-state index in [2.05, 4.69) is 4.74 Å². The van der Waals surface area contributed by atoms with E-state index in [0.717, 1.165) is 23.8 Å². The largest absolute Gasteiger partial charge is 0.493 e. The van der Waals surface area contributed by atoms with Crippen LogP contribution < -0.4 is 26.5 Å². The van der Waals surface area contributed by atoms with Crippen molar-refractivity contribution in [2.75, 3.05) is 12.8 Å². The van der Waals surface area contributed by atoms with Crippen LogP contribution in [0.2, 0.25) is 0 Å². The summed E-state index contributed by atoms with van der Waals surface area (Å²) in [5.41, 5.74) is 3.13. The molecule has 1 aromatic heterocycles. The third-order valence-corrected chi connectivity index (χ3v) is 4.02. The molecule has 0 amide bonds. The van der Waals surface area contributed by atoms with Crippen LogP contribution in [0.1, 0.15) is 15.9 Å². The van der Waals surface area contributed by atoms with E-state index < -0.39 is 40.6 Å². The van der Waals surface area contributed by atoms with Gasteiger partial charge in [0.2, 0.25) is 5.78 Å². The predicted octanol–water partition coefficient (Wildman–Crippen LogP) is 1.07. The first-order chi connectivity index (χ1) is 13.6. The topological polar surface area (TPSA) is 129 Å². The Morgan fingerprint density at radius 3 is 2.45 bits per heavy atom. The lowest BCUT2D eigenvalue weighted by atomic mass is 10.0. The molecule has 0 bridgehead atoms. The van der Waals surface area contributed by atoms with Gasteiger partial charge in [-0.1, -0.05) is 6.07 Å². The number of ether oxygens (including phenoxy) is 2. The van der Waals surface area contributed by atoms with Gasteiger partial charge in [-0.15, -0.1) is 0 Å². The first-order valence-corrected chi connectivity index (χ1v) is 7.97. The van der Waals surface area contributed by atoms with Gasteiger partial charge in [0.05, 0.1) is 7.11 Å². The minimum Gasteiger partial charge on any atom is -0.493 e. The van der Waals surface area contributed by atoms with Crippen molar-refractivity contribution in [1.82, 2.24) is 9.13 Å². The van der Waals surface area contributed by atoms with Crippen LogP contribution in [0.5, 0.6) is 11.5 Å². The van der Waals surface area contributed by atoms with E-state index in [0.29, 0.717) is 4.57 Å². The maximum Gasteiger partial charge on any atom is 0.387 e. The molecule has 0 fully saturated rings. The molecule has 0 aliphatic carbocycles. The smallest absolute Gasteiger partial charge is 0.387 e. The number of rotatable bonds is 6. The number of carbonyl (C=O) groups is 1. The van der Waals surface area contributed by atoms with Gasteiger partial charge in [0.1, 0.15) is 23.0 Å². The predicted molar refractivity (Wildman–Crippen MR) is 98.9 cm³/mol. The van der Waals surface area contributed by atoms with E-state index in [4.69, 9.17) is 10.5 Å². The van der Waals surface area contributed by atoms with E-state index in [1.807, 2.05) is 0 Å². The van der Waals surface area contributed by atoms with Gasteiger partial charge in [-0.05, 0) is 23.8 Å². The van der Waals surface area contributed by atoms with Gasteiger partial charge in [-0.25, -0.2) is 4.79 Å². The molecule has 0 atom stereocenters. The number of methoxy groups -OCH3 is 1. The highest BCUT2D eigenvalue weighted by molar-refractivity contribution is 6.16. The number of alkyl halides is 2. The van der Waals surface area contributed by atoms with Gasteiger partial charge in [0, 0.05) is 14.1 Å². The number of Topliss-reactive ketones (excluding diaryl/α,β-unsaturated/α-hetero) is 1. The van der Waals surface area contributed by atoms with Crippen molar-refractivity contribution in [2.45, 2.75) is 6.61 Å². The summed E-state index contributed by atoms with van der Waals surface area (Å²) in [6, 6.07) is 5.48. The first-order valence-electron chi connectivity index (χ1n) is 7.97. The molecule has 0 spiro atoms. The summed E-state index contributed by atoms with van der Waals surface area (Å²) in [5, 5.41) is 9.38. The molecule has 0 saturated carbocycles. The van der Waals surface area contributed by atoms with Crippen LogP contribution in [-0.4, -0.2) is 28.6 Å². The van der Waals surface area contributed by atoms with Crippen LogP contribution in [0, 0.1) is 11.3 Å². The van der Waals surface area contributed by atoms with Gasteiger partial charge in [-0.2, -0.15) is 14.0 Å². The zero-order chi connectivity index (χ0) is 21.9. The Balaban J connectivity index is 2.60. The highest BCUT2D eigenvalue weighted by Crippen LogP contribution is 2.30. The maximum absolute atomic E-state index is 12.7. The highest BCUT2D eigenvalue weighted by Gasteiger charge is 2.23. The number of nitrogens with zero attached hydrogens (tertiary/aromatic N) is 3. The van der Waals surface area contributed by atoms with Gasteiger partial charge >= 0.3 is 12.3 Å². The summed E-state index contributed by atoms with van der Waals surface area (Å²) in [5.74, 6) is -1.71. The normalized spacial score (nSPS) is 11.3. The van der Waals surface area contributed by atoms with Gasteiger partial charge in [-0.3, -0.25) is 18.7 Å². The van der Waals surface area contributed by atoms with Crippen molar-refractivity contribution in [3.8, 4) is 17.6 Å². The van der Waals surface area contributed by atoms with E-state index in [1.165, 1.54) is 26.3 Å². The molecular weight excluding hydrogens is 390 g/mol. The summed E-state index contributed by atoms with van der Waals surface area (Å²) in [6.07, 6.45) is 1.07. The second-order valence-corrected chi connectivity index (χ2v) is 5.75. The molecule has 1 heterocycles. The zero-order valence-electron chi connectivity index (χ0n) is 15.6. The summed E-state index contributed by atoms with van der Waals surface area (Å²) in [6.45, 7) is -3.12. The zero-order valence-corrected chi connectivity index (χ0v) is 15.6. The lowest BCUT2D eigenvalue weighted by molar-refractivity contribution is -0.0512. The molecule has 1 aromatic carbocycles. The van der Waals surface area contributed by atoms with Gasteiger partial charge in [0.25, 0.3) is 5.56 Å². The molecule has 0 saturated heterocycles. The van der Waals surface area contributed by atoms with Crippen molar-refractivity contribution in [3.63, 3.8) is 0 Å². The summed E-state index contributed by atoms with van der Waals surface area (Å²) in [7, 11) is 3.68. The van der Waals surface area contributed by atoms with E-state index in [1.54, 1.807) is 6.07 Å². The number of anilines is 1. The van der Waals surface area contributed by atoms with Crippen LogP contribution in [0.25, 0.3) is 6.08 Å². The highest BCUT2D eigenvalue weighted by atomic mass is 19.3. The Morgan fingerprint density at radius 1 is 1.24 bits per heavy atom. The first kappa shape index (κ1) is 21.4. The second-order valence-electron chi connectivity index (χ2n) is 5.75. The molecule has 0 radical (unpaired) electrons. The Bertz CT molecular complexity index is 1160. The van der Waals surface area contributed by atoms with E-state index in [-0.39, 0.29) is 17.1 Å². The van der Waals surface area contributed by atoms with Crippen molar-refractivity contribution in [3.05, 3.63) is 55.7 Å². The second kappa shape index (κ2) is 8.39. The van der Waals surface area contributed by atoms with Crippen molar-refractivity contribution in [1.29, 1.82) is 5.26 Å². The fourth-order valence-corrected chi connectivity index (χ4v) is 2.49. The standard InChI is InChI=1S/C18H16F2N4O5/c1-23-15(22)13(16(26)24(2)18(23)27)14(25)10(8-21)6-9-4-5-11(28-3)12(7-9)29-17(19)20/h4-7,17H,22H2,1-3H3/b10-6+. The number of nitrogens with two attached hydrogens (primary N) is 1.